The fraction of sp³-hybridized carbons (Fsp3) is 0.0526. The van der Waals surface area contributed by atoms with Gasteiger partial charge >= 0.3 is 0 Å². The molecule has 3 aromatic carbocycles. The maximum atomic E-state index is 2.22. The van der Waals surface area contributed by atoms with Crippen molar-refractivity contribution in [2.75, 3.05) is 0 Å². The van der Waals surface area contributed by atoms with Crippen molar-refractivity contribution < 1.29 is 1.43 Å². The van der Waals surface area contributed by atoms with E-state index in [4.69, 9.17) is 0 Å². The minimum atomic E-state index is 0. The molecule has 3 rings (SSSR count). The molecule has 0 aliphatic heterocycles. The molecule has 94 valence electrons. The summed E-state index contributed by atoms with van der Waals surface area (Å²) in [7, 11) is 0. The third-order valence-electron chi connectivity index (χ3n) is 3.31. The van der Waals surface area contributed by atoms with Gasteiger partial charge in [0.25, 0.3) is 0 Å². The molecule has 19 heavy (non-hydrogen) atoms. The molecule has 0 amide bonds. The molecule has 0 spiro atoms. The Morgan fingerprint density at radius 3 is 1.58 bits per heavy atom. The molecule has 0 heterocycles. The van der Waals surface area contributed by atoms with Gasteiger partial charge in [-0.3, -0.25) is 0 Å². The molecule has 0 nitrogen and oxygen atoms in total. The summed E-state index contributed by atoms with van der Waals surface area (Å²) in [6, 6.07) is 29.9. The summed E-state index contributed by atoms with van der Waals surface area (Å²) in [5, 5.41) is 0. The van der Waals surface area contributed by atoms with Crippen LogP contribution < -0.4 is 0 Å². The Labute approximate surface area is 115 Å². The zero-order valence-corrected chi connectivity index (χ0v) is 10.8. The van der Waals surface area contributed by atoms with Crippen LogP contribution in [0.1, 0.15) is 12.6 Å². The normalized spacial score (nSPS) is 10.3. The first kappa shape index (κ1) is 11.7. The number of hydrogen-bond acceptors (Lipinski definition) is 0. The van der Waals surface area contributed by atoms with E-state index in [0.29, 0.717) is 0 Å². The third kappa shape index (κ3) is 2.92. The van der Waals surface area contributed by atoms with E-state index in [1.165, 1.54) is 22.3 Å². The molecule has 3 aromatic rings. The molecular weight excluding hydrogens is 228 g/mol. The predicted octanol–water partition coefficient (Wildman–Crippen LogP) is 5.19. The van der Waals surface area contributed by atoms with Crippen molar-refractivity contribution in [2.24, 2.45) is 0 Å². The Bertz CT molecular complexity index is 628. The maximum Gasteiger partial charge on any atom is 0 e. The molecule has 0 saturated carbocycles. The lowest BCUT2D eigenvalue weighted by Gasteiger charge is -2.05. The Balaban J connectivity index is 0.00000147. The van der Waals surface area contributed by atoms with Gasteiger partial charge in [-0.25, -0.2) is 0 Å². The lowest BCUT2D eigenvalue weighted by atomic mass is 10.0. The monoisotopic (exact) mass is 246 g/mol. The molecule has 0 aliphatic rings. The van der Waals surface area contributed by atoms with Gasteiger partial charge in [0.15, 0.2) is 0 Å². The molecule has 0 fully saturated rings. The highest BCUT2D eigenvalue weighted by atomic mass is 14.0. The van der Waals surface area contributed by atoms with E-state index in [2.05, 4.69) is 78.9 Å². The average Bonchev–Trinajstić information content (AvgIpc) is 2.50. The van der Waals surface area contributed by atoms with Crippen molar-refractivity contribution in [2.45, 2.75) is 6.42 Å². The van der Waals surface area contributed by atoms with Crippen LogP contribution in [0.25, 0.3) is 11.1 Å². The first-order valence-electron chi connectivity index (χ1n) is 6.60. The van der Waals surface area contributed by atoms with E-state index in [1.54, 1.807) is 0 Å². The zero-order chi connectivity index (χ0) is 12.9. The van der Waals surface area contributed by atoms with E-state index in [0.717, 1.165) is 6.42 Å². The summed E-state index contributed by atoms with van der Waals surface area (Å²) in [6.07, 6.45) is 0.996. The van der Waals surface area contributed by atoms with Crippen LogP contribution in [0.4, 0.5) is 0 Å². The largest absolute Gasteiger partial charge is 0.0622 e. The van der Waals surface area contributed by atoms with Gasteiger partial charge in [0.2, 0.25) is 0 Å². The summed E-state index contributed by atoms with van der Waals surface area (Å²) in [5.41, 5.74) is 5.26. The molecular formula is C19H18. The smallest absolute Gasteiger partial charge is 0 e. The number of benzene rings is 3. The van der Waals surface area contributed by atoms with Crippen LogP contribution in [-0.4, -0.2) is 0 Å². The van der Waals surface area contributed by atoms with Crippen LogP contribution in [0, 0.1) is 0 Å². The number of hydrogen-bond donors (Lipinski definition) is 0. The molecule has 0 aliphatic carbocycles. The molecule has 0 atom stereocenters. The Morgan fingerprint density at radius 2 is 0.947 bits per heavy atom. The van der Waals surface area contributed by atoms with Crippen LogP contribution >= 0.6 is 0 Å². The fourth-order valence-electron chi connectivity index (χ4n) is 2.28. The Kier molecular flexibility index (Phi) is 3.42. The lowest BCUT2D eigenvalue weighted by molar-refractivity contribution is 1.19. The van der Waals surface area contributed by atoms with Crippen molar-refractivity contribution in [3.05, 3.63) is 96.1 Å². The highest BCUT2D eigenvalue weighted by molar-refractivity contribution is 5.63. The van der Waals surface area contributed by atoms with Gasteiger partial charge in [-0.05, 0) is 28.7 Å². The minimum Gasteiger partial charge on any atom is -0.0622 e. The van der Waals surface area contributed by atoms with Gasteiger partial charge in [0.1, 0.15) is 0 Å². The summed E-state index contributed by atoms with van der Waals surface area (Å²) < 4.78 is 0. The van der Waals surface area contributed by atoms with E-state index in [1.807, 2.05) is 6.07 Å². The van der Waals surface area contributed by atoms with Crippen LogP contribution in [0.5, 0.6) is 0 Å². The van der Waals surface area contributed by atoms with Crippen LogP contribution in [0.2, 0.25) is 0 Å². The predicted molar refractivity (Wildman–Crippen MR) is 83.2 cm³/mol. The molecule has 0 unspecified atom stereocenters. The summed E-state index contributed by atoms with van der Waals surface area (Å²) in [5.74, 6) is 0. The van der Waals surface area contributed by atoms with E-state index in [9.17, 15) is 0 Å². The van der Waals surface area contributed by atoms with Gasteiger partial charge in [0, 0.05) is 1.43 Å². The van der Waals surface area contributed by atoms with Crippen molar-refractivity contribution >= 4 is 0 Å². The minimum absolute atomic E-state index is 0. The second-order valence-electron chi connectivity index (χ2n) is 4.73. The summed E-state index contributed by atoms with van der Waals surface area (Å²) in [6.45, 7) is 0. The van der Waals surface area contributed by atoms with Crippen LogP contribution in [0.15, 0.2) is 84.9 Å². The maximum absolute atomic E-state index is 2.22. The van der Waals surface area contributed by atoms with Crippen molar-refractivity contribution in [3.63, 3.8) is 0 Å². The van der Waals surface area contributed by atoms with E-state index < -0.39 is 0 Å². The van der Waals surface area contributed by atoms with Gasteiger partial charge in [-0.15, -0.1) is 0 Å². The molecule has 0 N–H and O–H groups in total. The summed E-state index contributed by atoms with van der Waals surface area (Å²) in [4.78, 5) is 0. The second kappa shape index (κ2) is 5.53. The highest BCUT2D eigenvalue weighted by Crippen LogP contribution is 2.20. The third-order valence-corrected chi connectivity index (χ3v) is 3.31. The van der Waals surface area contributed by atoms with Crippen molar-refractivity contribution in [3.8, 4) is 11.1 Å². The SMILES string of the molecule is [HH].c1ccc(Cc2ccc(-c3ccccc3)cc2)cc1. The zero-order valence-electron chi connectivity index (χ0n) is 10.8. The van der Waals surface area contributed by atoms with E-state index in [-0.39, 0.29) is 1.43 Å². The molecule has 0 bridgehead atoms. The van der Waals surface area contributed by atoms with Gasteiger partial charge in [0.05, 0.1) is 0 Å². The lowest BCUT2D eigenvalue weighted by Crippen LogP contribution is -1.87. The molecule has 0 saturated heterocycles. The van der Waals surface area contributed by atoms with Gasteiger partial charge in [-0.1, -0.05) is 84.9 Å². The first-order chi connectivity index (χ1) is 9.42. The average molecular weight is 246 g/mol. The molecule has 0 aromatic heterocycles. The van der Waals surface area contributed by atoms with Crippen LogP contribution in [0.3, 0.4) is 0 Å². The Morgan fingerprint density at radius 1 is 0.474 bits per heavy atom. The highest BCUT2D eigenvalue weighted by Gasteiger charge is 1.98. The van der Waals surface area contributed by atoms with Gasteiger partial charge < -0.3 is 0 Å². The second-order valence-corrected chi connectivity index (χ2v) is 4.73. The topological polar surface area (TPSA) is 0 Å². The quantitative estimate of drug-likeness (QED) is 0.596. The van der Waals surface area contributed by atoms with Crippen LogP contribution in [-0.2, 0) is 6.42 Å². The Hall–Kier alpha value is -2.34. The fourth-order valence-corrected chi connectivity index (χ4v) is 2.28. The van der Waals surface area contributed by atoms with E-state index >= 15 is 0 Å². The molecule has 0 heteroatoms. The number of rotatable bonds is 3. The van der Waals surface area contributed by atoms with Gasteiger partial charge in [-0.2, -0.15) is 0 Å². The first-order valence-corrected chi connectivity index (χ1v) is 6.60. The summed E-state index contributed by atoms with van der Waals surface area (Å²) >= 11 is 0. The van der Waals surface area contributed by atoms with Crippen molar-refractivity contribution in [1.29, 1.82) is 0 Å². The molecule has 0 radical (unpaired) electrons. The van der Waals surface area contributed by atoms with Crippen molar-refractivity contribution in [1.82, 2.24) is 0 Å². The standard InChI is InChI=1S/C19H16.H2/c1-3-7-16(8-4-1)15-17-11-13-19(14-12-17)18-9-5-2-6-10-18;/h1-14H,15H2;1H.